The molecule has 1 heterocycles. The van der Waals surface area contributed by atoms with E-state index in [0.717, 1.165) is 17.9 Å². The Morgan fingerprint density at radius 3 is 2.52 bits per heavy atom. The van der Waals surface area contributed by atoms with Crippen LogP contribution in [0.3, 0.4) is 0 Å². The zero-order valence-corrected chi connectivity index (χ0v) is 13.5. The van der Waals surface area contributed by atoms with Gasteiger partial charge in [-0.05, 0) is 49.9 Å². The molecule has 122 valence electrons. The molecule has 0 unspecified atom stereocenters. The largest absolute Gasteiger partial charge is 0.352 e. The van der Waals surface area contributed by atoms with Gasteiger partial charge < -0.3 is 5.32 Å². The van der Waals surface area contributed by atoms with Crippen molar-refractivity contribution in [3.05, 3.63) is 51.9 Å². The summed E-state index contributed by atoms with van der Waals surface area (Å²) in [6.45, 7) is 2.60. The molecule has 0 radical (unpaired) electrons. The number of nitrogens with one attached hydrogen (secondary N) is 2. The Morgan fingerprint density at radius 1 is 1.22 bits per heavy atom. The van der Waals surface area contributed by atoms with Crippen molar-refractivity contribution in [2.75, 3.05) is 6.54 Å². The van der Waals surface area contributed by atoms with E-state index >= 15 is 0 Å². The van der Waals surface area contributed by atoms with Gasteiger partial charge in [-0.25, -0.2) is 4.68 Å². The van der Waals surface area contributed by atoms with E-state index in [2.05, 4.69) is 10.4 Å². The quantitative estimate of drug-likeness (QED) is 0.911. The average Bonchev–Trinajstić information content (AvgIpc) is 2.92. The number of nitrogens with zero attached hydrogens (tertiary/aromatic N) is 1. The Hall–Kier alpha value is -2.30. The van der Waals surface area contributed by atoms with Crippen molar-refractivity contribution in [1.29, 1.82) is 0 Å². The van der Waals surface area contributed by atoms with Gasteiger partial charge in [0, 0.05) is 23.9 Å². The van der Waals surface area contributed by atoms with Crippen LogP contribution >= 0.6 is 0 Å². The predicted molar refractivity (Wildman–Crippen MR) is 90.0 cm³/mol. The Morgan fingerprint density at radius 2 is 1.91 bits per heavy atom. The van der Waals surface area contributed by atoms with E-state index in [1.54, 1.807) is 30.3 Å². The third kappa shape index (κ3) is 3.73. The summed E-state index contributed by atoms with van der Waals surface area (Å²) in [5.74, 6) is 0.574. The first-order valence-electron chi connectivity index (χ1n) is 8.31. The third-order valence-corrected chi connectivity index (χ3v) is 4.51. The molecule has 1 saturated carbocycles. The van der Waals surface area contributed by atoms with Crippen molar-refractivity contribution in [2.24, 2.45) is 5.92 Å². The zero-order chi connectivity index (χ0) is 16.2. The molecule has 1 fully saturated rings. The molecule has 0 bridgehead atoms. The van der Waals surface area contributed by atoms with Gasteiger partial charge in [-0.3, -0.25) is 14.7 Å². The molecule has 5 nitrogen and oxygen atoms in total. The summed E-state index contributed by atoms with van der Waals surface area (Å²) in [6, 6.07) is 8.63. The van der Waals surface area contributed by atoms with E-state index in [9.17, 15) is 9.59 Å². The summed E-state index contributed by atoms with van der Waals surface area (Å²) in [5.41, 5.74) is 2.06. The molecule has 1 amide bonds. The maximum Gasteiger partial charge on any atom is 0.271 e. The van der Waals surface area contributed by atoms with Gasteiger partial charge in [-0.2, -0.15) is 0 Å². The lowest BCUT2D eigenvalue weighted by molar-refractivity contribution is 0.0943. The number of amides is 1. The molecule has 1 aromatic heterocycles. The number of H-pyrrole nitrogens is 1. The first-order chi connectivity index (χ1) is 11.1. The highest BCUT2D eigenvalue weighted by Gasteiger charge is 2.15. The molecule has 0 atom stereocenters. The van der Waals surface area contributed by atoms with Gasteiger partial charge >= 0.3 is 0 Å². The maximum atomic E-state index is 12.2. The molecule has 0 aliphatic heterocycles. The minimum absolute atomic E-state index is 0.0443. The molecule has 23 heavy (non-hydrogen) atoms. The number of aryl methyl sites for hydroxylation is 1. The number of carbonyl (C=O) groups is 1. The smallest absolute Gasteiger partial charge is 0.271 e. The van der Waals surface area contributed by atoms with E-state index in [1.165, 1.54) is 36.8 Å². The Balaban J connectivity index is 1.63. The Kier molecular flexibility index (Phi) is 4.65. The summed E-state index contributed by atoms with van der Waals surface area (Å²) >= 11 is 0. The SMILES string of the molecule is Cc1cc(=O)n(-c2ccc(C(=O)NCC3CCCCC3)cc2)[nH]1. The zero-order valence-electron chi connectivity index (χ0n) is 13.5. The number of rotatable bonds is 4. The number of hydrogen-bond donors (Lipinski definition) is 2. The number of carbonyl (C=O) groups excluding carboxylic acids is 1. The highest BCUT2D eigenvalue weighted by atomic mass is 16.1. The van der Waals surface area contributed by atoms with Crippen LogP contribution in [0.5, 0.6) is 0 Å². The summed E-state index contributed by atoms with van der Waals surface area (Å²) in [6.07, 6.45) is 6.31. The first kappa shape index (κ1) is 15.6. The fourth-order valence-electron chi connectivity index (χ4n) is 3.20. The predicted octanol–water partition coefficient (Wildman–Crippen LogP) is 2.78. The number of benzene rings is 1. The maximum absolute atomic E-state index is 12.2. The van der Waals surface area contributed by atoms with E-state index in [0.29, 0.717) is 11.5 Å². The van der Waals surface area contributed by atoms with Crippen molar-refractivity contribution < 1.29 is 4.79 Å². The van der Waals surface area contributed by atoms with Crippen LogP contribution in [-0.4, -0.2) is 22.2 Å². The van der Waals surface area contributed by atoms with E-state index in [4.69, 9.17) is 0 Å². The summed E-state index contributed by atoms with van der Waals surface area (Å²) in [7, 11) is 0. The second kappa shape index (κ2) is 6.86. The second-order valence-corrected chi connectivity index (χ2v) is 6.37. The van der Waals surface area contributed by atoms with Crippen LogP contribution in [0.1, 0.15) is 48.2 Å². The topological polar surface area (TPSA) is 66.9 Å². The fourth-order valence-corrected chi connectivity index (χ4v) is 3.20. The van der Waals surface area contributed by atoms with Gasteiger partial charge in [0.15, 0.2) is 0 Å². The van der Waals surface area contributed by atoms with Crippen LogP contribution in [0, 0.1) is 12.8 Å². The molecule has 1 aromatic carbocycles. The first-order valence-corrected chi connectivity index (χ1v) is 8.31. The number of aromatic nitrogens is 2. The van der Waals surface area contributed by atoms with Crippen molar-refractivity contribution >= 4 is 5.91 Å². The standard InChI is InChI=1S/C18H23N3O2/c1-13-11-17(22)21(20-13)16-9-7-15(8-10-16)18(23)19-12-14-5-3-2-4-6-14/h7-11,14,20H,2-6,12H2,1H3,(H,19,23). The Bertz CT molecular complexity index is 721. The van der Waals surface area contributed by atoms with Gasteiger partial charge in [0.25, 0.3) is 11.5 Å². The number of aromatic amines is 1. The molecule has 1 aliphatic rings. The molecule has 5 heteroatoms. The van der Waals surface area contributed by atoms with Crippen LogP contribution in [0.2, 0.25) is 0 Å². The highest BCUT2D eigenvalue weighted by Crippen LogP contribution is 2.22. The van der Waals surface area contributed by atoms with Gasteiger partial charge in [0.1, 0.15) is 0 Å². The van der Waals surface area contributed by atoms with Gasteiger partial charge in [-0.15, -0.1) is 0 Å². The highest BCUT2D eigenvalue weighted by molar-refractivity contribution is 5.94. The third-order valence-electron chi connectivity index (χ3n) is 4.51. The molecule has 2 N–H and O–H groups in total. The molecule has 0 saturated heterocycles. The fraction of sp³-hybridized carbons (Fsp3) is 0.444. The minimum atomic E-state index is -0.1000. The van der Waals surface area contributed by atoms with Gasteiger partial charge in [0.2, 0.25) is 0 Å². The molecule has 0 spiro atoms. The molecule has 2 aromatic rings. The number of hydrogen-bond acceptors (Lipinski definition) is 2. The van der Waals surface area contributed by atoms with Crippen LogP contribution in [-0.2, 0) is 0 Å². The van der Waals surface area contributed by atoms with Gasteiger partial charge in [0.05, 0.1) is 5.69 Å². The van der Waals surface area contributed by atoms with Crippen LogP contribution in [0.25, 0.3) is 5.69 Å². The summed E-state index contributed by atoms with van der Waals surface area (Å²) in [5, 5.41) is 6.01. The lowest BCUT2D eigenvalue weighted by atomic mass is 9.89. The summed E-state index contributed by atoms with van der Waals surface area (Å²) < 4.78 is 1.47. The minimum Gasteiger partial charge on any atom is -0.352 e. The second-order valence-electron chi connectivity index (χ2n) is 6.37. The molecular weight excluding hydrogens is 290 g/mol. The van der Waals surface area contributed by atoms with Crippen LogP contribution < -0.4 is 10.9 Å². The van der Waals surface area contributed by atoms with E-state index < -0.39 is 0 Å². The molecular formula is C18H23N3O2. The molecule has 3 rings (SSSR count). The average molecular weight is 313 g/mol. The lowest BCUT2D eigenvalue weighted by Crippen LogP contribution is -2.30. The normalized spacial score (nSPS) is 15.5. The Labute approximate surface area is 135 Å². The van der Waals surface area contributed by atoms with Crippen molar-refractivity contribution in [1.82, 2.24) is 15.1 Å². The van der Waals surface area contributed by atoms with Gasteiger partial charge in [-0.1, -0.05) is 19.3 Å². The van der Waals surface area contributed by atoms with Crippen molar-refractivity contribution in [3.63, 3.8) is 0 Å². The lowest BCUT2D eigenvalue weighted by Gasteiger charge is -2.21. The van der Waals surface area contributed by atoms with E-state index in [-0.39, 0.29) is 11.5 Å². The molecule has 1 aliphatic carbocycles. The van der Waals surface area contributed by atoms with Crippen molar-refractivity contribution in [2.45, 2.75) is 39.0 Å². The summed E-state index contributed by atoms with van der Waals surface area (Å²) in [4.78, 5) is 24.0. The monoisotopic (exact) mass is 313 g/mol. The van der Waals surface area contributed by atoms with Crippen LogP contribution in [0.15, 0.2) is 35.1 Å². The van der Waals surface area contributed by atoms with Crippen LogP contribution in [0.4, 0.5) is 0 Å². The van der Waals surface area contributed by atoms with Crippen molar-refractivity contribution in [3.8, 4) is 5.69 Å². The van der Waals surface area contributed by atoms with E-state index in [1.807, 2.05) is 6.92 Å².